The van der Waals surface area contributed by atoms with Crippen LogP contribution in [0.3, 0.4) is 0 Å². The molecule has 0 heterocycles. The zero-order valence-corrected chi connectivity index (χ0v) is 13.7. The van der Waals surface area contributed by atoms with Gasteiger partial charge in [-0.1, -0.05) is 23.7 Å². The van der Waals surface area contributed by atoms with Gasteiger partial charge < -0.3 is 22.1 Å². The minimum atomic E-state index is -0.646. The van der Waals surface area contributed by atoms with Crippen LogP contribution in [0.2, 0.25) is 5.02 Å². The average Bonchev–Trinajstić information content (AvgIpc) is 2.59. The maximum atomic E-state index is 12.2. The van der Waals surface area contributed by atoms with Gasteiger partial charge in [0.25, 0.3) is 11.8 Å². The molecule has 0 atom stereocenters. The number of carbonyl (C=O) groups is 2. The summed E-state index contributed by atoms with van der Waals surface area (Å²) >= 11 is 5.89. The Balaban J connectivity index is 2.17. The van der Waals surface area contributed by atoms with E-state index in [0.29, 0.717) is 17.1 Å². The number of anilines is 3. The molecule has 6 N–H and O–H groups in total. The first-order valence-electron chi connectivity index (χ1n) is 7.04. The van der Waals surface area contributed by atoms with Gasteiger partial charge in [-0.2, -0.15) is 5.26 Å². The van der Waals surface area contributed by atoms with Gasteiger partial charge in [0, 0.05) is 11.9 Å². The number of nitrogen functional groups attached to an aromatic ring is 1. The van der Waals surface area contributed by atoms with E-state index >= 15 is 0 Å². The maximum absolute atomic E-state index is 12.2. The molecule has 0 saturated carbocycles. The van der Waals surface area contributed by atoms with Crippen molar-refractivity contribution in [3.8, 4) is 6.07 Å². The van der Waals surface area contributed by atoms with Gasteiger partial charge in [-0.25, -0.2) is 0 Å². The van der Waals surface area contributed by atoms with E-state index < -0.39 is 11.8 Å². The smallest absolute Gasteiger partial charge is 0.267 e. The topological polar surface area (TPSA) is 134 Å². The summed E-state index contributed by atoms with van der Waals surface area (Å²) in [6, 6.07) is 12.8. The van der Waals surface area contributed by atoms with Crippen LogP contribution >= 0.6 is 11.6 Å². The van der Waals surface area contributed by atoms with E-state index in [1.54, 1.807) is 30.3 Å². The Hall–Kier alpha value is -3.50. The lowest BCUT2D eigenvalue weighted by Gasteiger charge is -2.08. The molecule has 126 valence electrons. The second-order valence-electron chi connectivity index (χ2n) is 4.91. The molecule has 0 aliphatic carbocycles. The normalized spacial score (nSPS) is 10.6. The predicted octanol–water partition coefficient (Wildman–Crippen LogP) is 2.48. The Bertz CT molecular complexity index is 902. The van der Waals surface area contributed by atoms with Crippen molar-refractivity contribution in [2.24, 2.45) is 5.73 Å². The van der Waals surface area contributed by atoms with Gasteiger partial charge in [0.2, 0.25) is 0 Å². The van der Waals surface area contributed by atoms with Crippen molar-refractivity contribution in [1.82, 2.24) is 0 Å². The van der Waals surface area contributed by atoms with Crippen LogP contribution in [0.4, 0.5) is 17.1 Å². The molecule has 0 aliphatic rings. The molecule has 0 radical (unpaired) electrons. The molecule has 0 aromatic heterocycles. The minimum Gasteiger partial charge on any atom is -0.398 e. The Labute approximate surface area is 148 Å². The average molecular weight is 356 g/mol. The Kier molecular flexibility index (Phi) is 5.61. The van der Waals surface area contributed by atoms with E-state index in [4.69, 9.17) is 23.1 Å². The van der Waals surface area contributed by atoms with Crippen LogP contribution in [0.15, 0.2) is 54.2 Å². The van der Waals surface area contributed by atoms with Crippen LogP contribution in [0, 0.1) is 11.3 Å². The molecule has 2 amide bonds. The van der Waals surface area contributed by atoms with E-state index in [2.05, 4.69) is 10.6 Å². The zero-order valence-electron chi connectivity index (χ0n) is 12.9. The van der Waals surface area contributed by atoms with Gasteiger partial charge in [0.05, 0.1) is 22.0 Å². The second-order valence-corrected chi connectivity index (χ2v) is 5.32. The third kappa shape index (κ3) is 4.50. The summed E-state index contributed by atoms with van der Waals surface area (Å²) in [6.07, 6.45) is 1.19. The molecule has 0 spiro atoms. The highest BCUT2D eigenvalue weighted by atomic mass is 35.5. The zero-order chi connectivity index (χ0) is 18.4. The molecule has 8 heteroatoms. The number of rotatable bonds is 5. The first-order valence-corrected chi connectivity index (χ1v) is 7.42. The van der Waals surface area contributed by atoms with Crippen LogP contribution < -0.4 is 22.1 Å². The molecule has 0 aliphatic heterocycles. The number of carbonyl (C=O) groups excluding carboxylic acids is 2. The number of halogens is 1. The number of nitriles is 1. The SMILES string of the molecule is N#C/C(=C/Nc1ccccc1C(N)=O)C(=O)Nc1ccc(N)c(Cl)c1. The van der Waals surface area contributed by atoms with Crippen molar-refractivity contribution in [2.45, 2.75) is 0 Å². The maximum Gasteiger partial charge on any atom is 0.267 e. The van der Waals surface area contributed by atoms with Gasteiger partial charge in [-0.15, -0.1) is 0 Å². The quantitative estimate of drug-likeness (QED) is 0.371. The van der Waals surface area contributed by atoms with Gasteiger partial charge in [0.1, 0.15) is 11.6 Å². The molecule has 25 heavy (non-hydrogen) atoms. The number of nitrogens with zero attached hydrogens (tertiary/aromatic N) is 1. The summed E-state index contributed by atoms with van der Waals surface area (Å²) in [6.45, 7) is 0. The molecule has 2 rings (SSSR count). The Morgan fingerprint density at radius 3 is 2.56 bits per heavy atom. The molecular weight excluding hydrogens is 342 g/mol. The van der Waals surface area contributed by atoms with Crippen LogP contribution in [-0.4, -0.2) is 11.8 Å². The highest BCUT2D eigenvalue weighted by Gasteiger charge is 2.11. The van der Waals surface area contributed by atoms with Gasteiger partial charge in [-0.3, -0.25) is 9.59 Å². The van der Waals surface area contributed by atoms with Crippen molar-refractivity contribution in [2.75, 3.05) is 16.4 Å². The summed E-state index contributed by atoms with van der Waals surface area (Å²) in [5.41, 5.74) is 12.1. The lowest BCUT2D eigenvalue weighted by atomic mass is 10.1. The van der Waals surface area contributed by atoms with Crippen molar-refractivity contribution in [3.05, 3.63) is 64.8 Å². The van der Waals surface area contributed by atoms with E-state index in [0.717, 1.165) is 0 Å². The number of hydrogen-bond donors (Lipinski definition) is 4. The lowest BCUT2D eigenvalue weighted by molar-refractivity contribution is -0.112. The van der Waals surface area contributed by atoms with E-state index in [9.17, 15) is 14.9 Å². The molecule has 7 nitrogen and oxygen atoms in total. The number of primary amides is 1. The molecule has 2 aromatic rings. The van der Waals surface area contributed by atoms with Crippen molar-refractivity contribution < 1.29 is 9.59 Å². The van der Waals surface area contributed by atoms with E-state index in [1.165, 1.54) is 24.4 Å². The number of para-hydroxylation sites is 1. The van der Waals surface area contributed by atoms with Crippen molar-refractivity contribution in [1.29, 1.82) is 5.26 Å². The molecule has 0 bridgehead atoms. The number of benzene rings is 2. The minimum absolute atomic E-state index is 0.202. The summed E-state index contributed by atoms with van der Waals surface area (Å²) in [4.78, 5) is 23.5. The predicted molar refractivity (Wildman–Crippen MR) is 96.8 cm³/mol. The number of nitrogens with one attached hydrogen (secondary N) is 2. The van der Waals surface area contributed by atoms with Crippen molar-refractivity contribution >= 4 is 40.5 Å². The van der Waals surface area contributed by atoms with Crippen molar-refractivity contribution in [3.63, 3.8) is 0 Å². The van der Waals surface area contributed by atoms with Crippen LogP contribution in [-0.2, 0) is 4.79 Å². The largest absolute Gasteiger partial charge is 0.398 e. The summed E-state index contributed by atoms with van der Waals surface area (Å²) < 4.78 is 0. The highest BCUT2D eigenvalue weighted by molar-refractivity contribution is 6.33. The molecule has 2 aromatic carbocycles. The third-order valence-corrected chi connectivity index (χ3v) is 3.52. The molecule has 0 saturated heterocycles. The monoisotopic (exact) mass is 355 g/mol. The lowest BCUT2D eigenvalue weighted by Crippen LogP contribution is -2.16. The highest BCUT2D eigenvalue weighted by Crippen LogP contribution is 2.23. The fraction of sp³-hybridized carbons (Fsp3) is 0. The third-order valence-electron chi connectivity index (χ3n) is 3.19. The number of hydrogen-bond acceptors (Lipinski definition) is 5. The van der Waals surface area contributed by atoms with E-state index in [1.807, 2.05) is 0 Å². The van der Waals surface area contributed by atoms with Gasteiger partial charge >= 0.3 is 0 Å². The number of amides is 2. The summed E-state index contributed by atoms with van der Waals surface area (Å²) in [5.74, 6) is -1.27. The van der Waals surface area contributed by atoms with Gasteiger partial charge in [0.15, 0.2) is 0 Å². The number of nitrogens with two attached hydrogens (primary N) is 2. The fourth-order valence-corrected chi connectivity index (χ4v) is 2.11. The Morgan fingerprint density at radius 1 is 1.20 bits per heavy atom. The van der Waals surface area contributed by atoms with Crippen LogP contribution in [0.25, 0.3) is 0 Å². The van der Waals surface area contributed by atoms with Gasteiger partial charge in [-0.05, 0) is 30.3 Å². The van der Waals surface area contributed by atoms with E-state index in [-0.39, 0.29) is 16.2 Å². The molecule has 0 fully saturated rings. The first kappa shape index (κ1) is 17.8. The fourth-order valence-electron chi connectivity index (χ4n) is 1.93. The standard InChI is InChI=1S/C17H14ClN5O2/c18-13-7-11(5-6-14(13)20)23-17(25)10(8-19)9-22-15-4-2-1-3-12(15)16(21)24/h1-7,9,22H,20H2,(H2,21,24)(H,23,25)/b10-9-. The van der Waals surface area contributed by atoms with Crippen LogP contribution in [0.1, 0.15) is 10.4 Å². The summed E-state index contributed by atoms with van der Waals surface area (Å²) in [5, 5.41) is 14.7. The second kappa shape index (κ2) is 7.86. The first-order chi connectivity index (χ1) is 11.9. The summed E-state index contributed by atoms with van der Waals surface area (Å²) in [7, 11) is 0. The molecular formula is C17H14ClN5O2. The Morgan fingerprint density at radius 2 is 1.92 bits per heavy atom. The van der Waals surface area contributed by atoms with Crippen LogP contribution in [0.5, 0.6) is 0 Å². The molecule has 0 unspecified atom stereocenters.